The third-order valence-electron chi connectivity index (χ3n) is 3.37. The van der Waals surface area contributed by atoms with Crippen molar-refractivity contribution in [3.05, 3.63) is 35.5 Å². The van der Waals surface area contributed by atoms with Crippen molar-refractivity contribution in [3.8, 4) is 5.75 Å². The molecule has 0 spiro atoms. The predicted octanol–water partition coefficient (Wildman–Crippen LogP) is 3.17. The lowest BCUT2D eigenvalue weighted by Crippen LogP contribution is -2.12. The Balaban J connectivity index is 2.39. The fourth-order valence-electron chi connectivity index (χ4n) is 2.03. The number of benzene rings is 1. The van der Waals surface area contributed by atoms with E-state index in [4.69, 9.17) is 4.74 Å². The van der Waals surface area contributed by atoms with Crippen molar-refractivity contribution in [3.63, 3.8) is 0 Å². The summed E-state index contributed by atoms with van der Waals surface area (Å²) in [4.78, 5) is 11.4. The van der Waals surface area contributed by atoms with E-state index in [0.29, 0.717) is 11.4 Å². The third kappa shape index (κ3) is 3.21. The van der Waals surface area contributed by atoms with Gasteiger partial charge in [0.2, 0.25) is 0 Å². The van der Waals surface area contributed by atoms with Crippen molar-refractivity contribution in [2.24, 2.45) is 7.05 Å². The molecule has 0 atom stereocenters. The van der Waals surface area contributed by atoms with Crippen LogP contribution in [0, 0.1) is 0 Å². The molecular weight excluding hydrogens is 282 g/mol. The molecule has 1 aromatic heterocycles. The molecule has 0 saturated carbocycles. The molecule has 0 aliphatic carbocycles. The van der Waals surface area contributed by atoms with Gasteiger partial charge in [0, 0.05) is 18.5 Å². The van der Waals surface area contributed by atoms with Gasteiger partial charge >= 0.3 is 5.97 Å². The van der Waals surface area contributed by atoms with Crippen molar-refractivity contribution in [1.82, 2.24) is 9.78 Å². The number of carboxylic acid groups (broad SMARTS) is 1. The number of carboxylic acids is 1. The highest BCUT2D eigenvalue weighted by Gasteiger charge is 2.20. The maximum Gasteiger partial charge on any atom is 0.337 e. The fourth-order valence-corrected chi connectivity index (χ4v) is 2.03. The van der Waals surface area contributed by atoms with E-state index in [1.807, 2.05) is 13.1 Å². The first-order valence-electron chi connectivity index (χ1n) is 6.95. The predicted molar refractivity (Wildman–Crippen MR) is 85.1 cm³/mol. The molecule has 118 valence electrons. The SMILES string of the molecule is COc1ccc(Nc2cc(C(C)(C)C)nn2C)c(C(=O)O)c1. The number of hydrogen-bond donors (Lipinski definition) is 2. The molecule has 0 saturated heterocycles. The smallest absolute Gasteiger partial charge is 0.337 e. The average Bonchev–Trinajstić information content (AvgIpc) is 2.80. The first-order valence-corrected chi connectivity index (χ1v) is 6.95. The molecule has 0 amide bonds. The van der Waals surface area contributed by atoms with Gasteiger partial charge in [-0.05, 0) is 18.2 Å². The Morgan fingerprint density at radius 1 is 1.32 bits per heavy atom. The molecule has 2 aromatic rings. The Hall–Kier alpha value is -2.50. The van der Waals surface area contributed by atoms with Crippen LogP contribution in [0.2, 0.25) is 0 Å². The second-order valence-electron chi connectivity index (χ2n) is 6.13. The standard InChI is InChI=1S/C16H21N3O3/c1-16(2,3)13-9-14(19(4)18-13)17-12-7-6-10(22-5)8-11(12)15(20)21/h6-9,17H,1-5H3,(H,20,21). The number of anilines is 2. The Labute approximate surface area is 129 Å². The molecule has 0 aliphatic rings. The van der Waals surface area contributed by atoms with Crippen molar-refractivity contribution < 1.29 is 14.6 Å². The summed E-state index contributed by atoms with van der Waals surface area (Å²) in [5.41, 5.74) is 1.50. The number of nitrogens with zero attached hydrogens (tertiary/aromatic N) is 2. The number of nitrogens with one attached hydrogen (secondary N) is 1. The minimum atomic E-state index is -1.01. The zero-order valence-corrected chi connectivity index (χ0v) is 13.5. The highest BCUT2D eigenvalue weighted by atomic mass is 16.5. The Morgan fingerprint density at radius 2 is 2.00 bits per heavy atom. The van der Waals surface area contributed by atoms with Gasteiger partial charge in [-0.25, -0.2) is 4.79 Å². The molecule has 22 heavy (non-hydrogen) atoms. The Morgan fingerprint density at radius 3 is 2.50 bits per heavy atom. The third-order valence-corrected chi connectivity index (χ3v) is 3.37. The van der Waals surface area contributed by atoms with Crippen LogP contribution in [0.3, 0.4) is 0 Å². The molecule has 0 radical (unpaired) electrons. The van der Waals surface area contributed by atoms with E-state index in [1.165, 1.54) is 13.2 Å². The van der Waals surface area contributed by atoms with Crippen molar-refractivity contribution in [2.45, 2.75) is 26.2 Å². The van der Waals surface area contributed by atoms with Crippen LogP contribution in [-0.4, -0.2) is 28.0 Å². The lowest BCUT2D eigenvalue weighted by Gasteiger charge is -2.13. The number of rotatable bonds is 4. The van der Waals surface area contributed by atoms with Crippen LogP contribution in [0.5, 0.6) is 5.75 Å². The molecule has 2 rings (SSSR count). The molecule has 0 fully saturated rings. The van der Waals surface area contributed by atoms with Gasteiger partial charge in [-0.1, -0.05) is 20.8 Å². The van der Waals surface area contributed by atoms with Gasteiger partial charge in [0.15, 0.2) is 0 Å². The molecule has 2 N–H and O–H groups in total. The zero-order chi connectivity index (χ0) is 16.5. The number of ether oxygens (including phenoxy) is 1. The second kappa shape index (κ2) is 5.71. The number of aryl methyl sites for hydroxylation is 1. The van der Waals surface area contributed by atoms with E-state index < -0.39 is 5.97 Å². The van der Waals surface area contributed by atoms with E-state index in [0.717, 1.165) is 11.5 Å². The number of hydrogen-bond acceptors (Lipinski definition) is 4. The molecule has 6 nitrogen and oxygen atoms in total. The monoisotopic (exact) mass is 303 g/mol. The van der Waals surface area contributed by atoms with Crippen LogP contribution in [0.15, 0.2) is 24.3 Å². The van der Waals surface area contributed by atoms with Crippen molar-refractivity contribution in [2.75, 3.05) is 12.4 Å². The highest BCUT2D eigenvalue weighted by Crippen LogP contribution is 2.28. The number of aromatic nitrogens is 2. The van der Waals surface area contributed by atoms with E-state index >= 15 is 0 Å². The summed E-state index contributed by atoms with van der Waals surface area (Å²) in [6.07, 6.45) is 0. The van der Waals surface area contributed by atoms with E-state index in [2.05, 4.69) is 31.2 Å². The fraction of sp³-hybridized carbons (Fsp3) is 0.375. The lowest BCUT2D eigenvalue weighted by molar-refractivity contribution is 0.0697. The van der Waals surface area contributed by atoms with Gasteiger partial charge in [0.25, 0.3) is 0 Å². The average molecular weight is 303 g/mol. The molecular formula is C16H21N3O3. The summed E-state index contributed by atoms with van der Waals surface area (Å²) < 4.78 is 6.78. The van der Waals surface area contributed by atoms with Crippen LogP contribution in [0.4, 0.5) is 11.5 Å². The lowest BCUT2D eigenvalue weighted by atomic mass is 9.92. The summed E-state index contributed by atoms with van der Waals surface area (Å²) >= 11 is 0. The normalized spacial score (nSPS) is 11.3. The first kappa shape index (κ1) is 15.9. The van der Waals surface area contributed by atoms with Crippen molar-refractivity contribution in [1.29, 1.82) is 0 Å². The van der Waals surface area contributed by atoms with Gasteiger partial charge in [0.05, 0.1) is 24.1 Å². The largest absolute Gasteiger partial charge is 0.497 e. The second-order valence-corrected chi connectivity index (χ2v) is 6.13. The summed E-state index contributed by atoms with van der Waals surface area (Å²) in [7, 11) is 3.33. The quantitative estimate of drug-likeness (QED) is 0.907. The Bertz CT molecular complexity index is 699. The van der Waals surface area contributed by atoms with E-state index in [-0.39, 0.29) is 11.0 Å². The van der Waals surface area contributed by atoms with Gasteiger partial charge in [-0.2, -0.15) is 5.10 Å². The number of aromatic carboxylic acids is 1. The van der Waals surface area contributed by atoms with E-state index in [1.54, 1.807) is 16.8 Å². The number of carbonyl (C=O) groups is 1. The molecule has 0 unspecified atom stereocenters. The Kier molecular flexibility index (Phi) is 4.12. The molecule has 0 bridgehead atoms. The molecule has 0 aliphatic heterocycles. The van der Waals surface area contributed by atoms with Gasteiger partial charge in [0.1, 0.15) is 11.6 Å². The minimum Gasteiger partial charge on any atom is -0.497 e. The van der Waals surface area contributed by atoms with Crippen LogP contribution in [0.25, 0.3) is 0 Å². The molecule has 1 heterocycles. The summed E-state index contributed by atoms with van der Waals surface area (Å²) in [6, 6.07) is 6.82. The van der Waals surface area contributed by atoms with Gasteiger partial charge in [-0.3, -0.25) is 4.68 Å². The zero-order valence-electron chi connectivity index (χ0n) is 13.5. The van der Waals surface area contributed by atoms with E-state index in [9.17, 15) is 9.90 Å². The van der Waals surface area contributed by atoms with Crippen LogP contribution in [0.1, 0.15) is 36.8 Å². The van der Waals surface area contributed by atoms with Crippen LogP contribution < -0.4 is 10.1 Å². The number of methoxy groups -OCH3 is 1. The maximum atomic E-state index is 11.4. The summed E-state index contributed by atoms with van der Waals surface area (Å²) in [5, 5.41) is 16.9. The van der Waals surface area contributed by atoms with Crippen LogP contribution >= 0.6 is 0 Å². The van der Waals surface area contributed by atoms with Gasteiger partial charge in [-0.15, -0.1) is 0 Å². The van der Waals surface area contributed by atoms with Crippen LogP contribution in [-0.2, 0) is 12.5 Å². The molecule has 6 heteroatoms. The maximum absolute atomic E-state index is 11.4. The summed E-state index contributed by atoms with van der Waals surface area (Å²) in [5.74, 6) is 0.223. The van der Waals surface area contributed by atoms with Crippen molar-refractivity contribution >= 4 is 17.5 Å². The first-order chi connectivity index (χ1) is 10.2. The highest BCUT2D eigenvalue weighted by molar-refractivity contribution is 5.95. The minimum absolute atomic E-state index is 0.0762. The molecule has 1 aromatic carbocycles. The topological polar surface area (TPSA) is 76.4 Å². The van der Waals surface area contributed by atoms with Gasteiger partial charge < -0.3 is 15.2 Å². The summed E-state index contributed by atoms with van der Waals surface area (Å²) in [6.45, 7) is 6.24.